The van der Waals surface area contributed by atoms with E-state index in [2.05, 4.69) is 34.1 Å². The van der Waals surface area contributed by atoms with Crippen LogP contribution >= 0.6 is 23.2 Å². The normalized spacial score (nSPS) is 20.0. The third kappa shape index (κ3) is 5.14. The van der Waals surface area contributed by atoms with Crippen LogP contribution in [0.3, 0.4) is 0 Å². The van der Waals surface area contributed by atoms with Crippen molar-refractivity contribution in [2.24, 2.45) is 0 Å². The highest BCUT2D eigenvalue weighted by Gasteiger charge is 2.35. The van der Waals surface area contributed by atoms with Gasteiger partial charge >= 0.3 is 0 Å². The number of fused-ring (bicyclic) bond motifs is 1. The molecule has 0 unspecified atom stereocenters. The predicted octanol–water partition coefficient (Wildman–Crippen LogP) is 6.33. The van der Waals surface area contributed by atoms with E-state index in [9.17, 15) is 5.11 Å². The number of H-pyrrole nitrogens is 1. The van der Waals surface area contributed by atoms with Crippen molar-refractivity contribution in [3.63, 3.8) is 0 Å². The number of piperidine rings is 1. The van der Waals surface area contributed by atoms with Crippen LogP contribution in [-0.2, 0) is 11.3 Å². The number of likely N-dealkylation sites (tertiary alicyclic amines) is 1. The Morgan fingerprint density at radius 3 is 2.50 bits per heavy atom. The highest BCUT2D eigenvalue weighted by molar-refractivity contribution is 6.34. The number of benzene rings is 3. The summed E-state index contributed by atoms with van der Waals surface area (Å²) in [6.07, 6.45) is 1.25. The van der Waals surface area contributed by atoms with Gasteiger partial charge in [-0.1, -0.05) is 65.7 Å². The molecule has 34 heavy (non-hydrogen) atoms. The van der Waals surface area contributed by atoms with Crippen molar-refractivity contribution in [3.8, 4) is 0 Å². The smallest absolute Gasteiger partial charge is 0.121 e. The maximum Gasteiger partial charge on any atom is 0.121 e. The van der Waals surface area contributed by atoms with E-state index < -0.39 is 6.10 Å². The minimum atomic E-state index is -0.515. The van der Waals surface area contributed by atoms with Crippen molar-refractivity contribution in [3.05, 3.63) is 99.8 Å². The van der Waals surface area contributed by atoms with Crippen molar-refractivity contribution in [2.75, 3.05) is 13.2 Å². The second kappa shape index (κ2) is 10.5. The molecular formula is C27H27Cl2N3O2. The number of halogens is 2. The Labute approximate surface area is 209 Å². The first-order valence-electron chi connectivity index (χ1n) is 11.6. The number of ether oxygens (including phenoxy) is 1. The fourth-order valence-corrected chi connectivity index (χ4v) is 5.44. The molecule has 0 bridgehead atoms. The van der Waals surface area contributed by atoms with E-state index in [1.807, 2.05) is 30.3 Å². The van der Waals surface area contributed by atoms with Gasteiger partial charge in [-0.25, -0.2) is 4.98 Å². The van der Waals surface area contributed by atoms with E-state index in [0.29, 0.717) is 16.6 Å². The number of rotatable bonds is 7. The zero-order chi connectivity index (χ0) is 23.5. The van der Waals surface area contributed by atoms with Gasteiger partial charge in [0.1, 0.15) is 11.9 Å². The number of aliphatic hydroxyl groups is 1. The van der Waals surface area contributed by atoms with E-state index in [4.69, 9.17) is 32.9 Å². The maximum absolute atomic E-state index is 10.2. The summed E-state index contributed by atoms with van der Waals surface area (Å²) in [5, 5.41) is 11.2. The Morgan fingerprint density at radius 1 is 1.03 bits per heavy atom. The summed E-state index contributed by atoms with van der Waals surface area (Å²) in [7, 11) is 0. The Kier molecular flexibility index (Phi) is 7.18. The number of imidazole rings is 1. The molecular weight excluding hydrogens is 469 g/mol. The number of nitrogens with zero attached hydrogens (tertiary/aromatic N) is 2. The molecule has 3 atom stereocenters. The number of hydrogen-bond acceptors (Lipinski definition) is 4. The third-order valence-electron chi connectivity index (χ3n) is 6.37. The molecule has 1 aromatic heterocycles. The molecule has 2 N–H and O–H groups in total. The van der Waals surface area contributed by atoms with Gasteiger partial charge in [0.05, 0.1) is 36.3 Å². The second-order valence-corrected chi connectivity index (χ2v) is 9.59. The summed E-state index contributed by atoms with van der Waals surface area (Å²) in [4.78, 5) is 10.7. The Morgan fingerprint density at radius 2 is 1.76 bits per heavy atom. The average molecular weight is 496 g/mol. The number of para-hydroxylation sites is 2. The van der Waals surface area contributed by atoms with Gasteiger partial charge in [0.25, 0.3) is 0 Å². The SMILES string of the molecule is OC[C@@H](O[C@H]1CCCN(Cc2nc3ccccc3[nH]2)[C@H]1c1ccccc1)c1cc(Cl)cc(Cl)c1. The topological polar surface area (TPSA) is 61.4 Å². The van der Waals surface area contributed by atoms with E-state index in [1.54, 1.807) is 18.2 Å². The van der Waals surface area contributed by atoms with Crippen LogP contribution in [0.5, 0.6) is 0 Å². The molecule has 5 rings (SSSR count). The fourth-order valence-electron chi connectivity index (χ4n) is 4.90. The highest BCUT2D eigenvalue weighted by atomic mass is 35.5. The van der Waals surface area contributed by atoms with Gasteiger partial charge < -0.3 is 14.8 Å². The molecule has 2 heterocycles. The average Bonchev–Trinajstić information content (AvgIpc) is 3.25. The molecule has 4 aromatic rings. The van der Waals surface area contributed by atoms with Crippen molar-refractivity contribution >= 4 is 34.2 Å². The van der Waals surface area contributed by atoms with Gasteiger partial charge in [0.2, 0.25) is 0 Å². The molecule has 0 spiro atoms. The summed E-state index contributed by atoms with van der Waals surface area (Å²) in [5.41, 5.74) is 3.97. The zero-order valence-electron chi connectivity index (χ0n) is 18.7. The molecule has 0 radical (unpaired) electrons. The van der Waals surface area contributed by atoms with Crippen LogP contribution in [0.2, 0.25) is 10.0 Å². The van der Waals surface area contributed by atoms with Gasteiger partial charge in [-0.3, -0.25) is 4.90 Å². The van der Waals surface area contributed by atoms with Crippen molar-refractivity contribution in [1.29, 1.82) is 0 Å². The lowest BCUT2D eigenvalue weighted by Crippen LogP contribution is -2.43. The summed E-state index contributed by atoms with van der Waals surface area (Å²) in [6.45, 7) is 1.46. The molecule has 0 saturated carbocycles. The molecule has 1 aliphatic heterocycles. The first-order chi connectivity index (χ1) is 16.6. The number of hydrogen-bond donors (Lipinski definition) is 2. The minimum Gasteiger partial charge on any atom is -0.393 e. The standard InChI is InChI=1S/C27H27Cl2N3O2/c28-20-13-19(14-21(29)15-20)25(17-33)34-24-11-6-12-32(27(24)18-7-2-1-3-8-18)16-26-30-22-9-4-5-10-23(22)31-26/h1-5,7-10,13-15,24-25,27,33H,6,11-12,16-17H2,(H,30,31)/t24-,25+,27-/m0/s1. The number of aromatic amines is 1. The van der Waals surface area contributed by atoms with E-state index in [1.165, 1.54) is 5.56 Å². The fraction of sp³-hybridized carbons (Fsp3) is 0.296. The van der Waals surface area contributed by atoms with Crippen LogP contribution in [-0.4, -0.2) is 39.2 Å². The van der Waals surface area contributed by atoms with Crippen LogP contribution in [0.25, 0.3) is 11.0 Å². The Balaban J connectivity index is 1.44. The molecule has 0 amide bonds. The van der Waals surface area contributed by atoms with Gasteiger partial charge in [-0.15, -0.1) is 0 Å². The van der Waals surface area contributed by atoms with Crippen molar-refractivity contribution in [2.45, 2.75) is 37.6 Å². The monoisotopic (exact) mass is 495 g/mol. The maximum atomic E-state index is 10.2. The first kappa shape index (κ1) is 23.3. The molecule has 176 valence electrons. The summed E-state index contributed by atoms with van der Waals surface area (Å²) in [6, 6.07) is 23.8. The van der Waals surface area contributed by atoms with E-state index >= 15 is 0 Å². The lowest BCUT2D eigenvalue weighted by Gasteiger charge is -2.42. The zero-order valence-corrected chi connectivity index (χ0v) is 20.2. The third-order valence-corrected chi connectivity index (χ3v) is 6.81. The summed E-state index contributed by atoms with van der Waals surface area (Å²) in [5.74, 6) is 0.933. The van der Waals surface area contributed by atoms with Crippen LogP contribution in [0, 0.1) is 0 Å². The number of aromatic nitrogens is 2. The second-order valence-electron chi connectivity index (χ2n) is 8.72. The molecule has 5 nitrogen and oxygen atoms in total. The lowest BCUT2D eigenvalue weighted by molar-refractivity contribution is -0.101. The summed E-state index contributed by atoms with van der Waals surface area (Å²) >= 11 is 12.5. The number of aliphatic hydroxyl groups excluding tert-OH is 1. The van der Waals surface area contributed by atoms with Crippen molar-refractivity contribution in [1.82, 2.24) is 14.9 Å². The van der Waals surface area contributed by atoms with Crippen LogP contribution < -0.4 is 0 Å². The number of nitrogens with one attached hydrogen (secondary N) is 1. The highest BCUT2D eigenvalue weighted by Crippen LogP contribution is 2.37. The molecule has 1 aliphatic rings. The Bertz CT molecular complexity index is 1190. The predicted molar refractivity (Wildman–Crippen MR) is 136 cm³/mol. The quantitative estimate of drug-likeness (QED) is 0.314. The van der Waals surface area contributed by atoms with Gasteiger partial charge in [-0.2, -0.15) is 0 Å². The molecule has 3 aromatic carbocycles. The largest absolute Gasteiger partial charge is 0.393 e. The van der Waals surface area contributed by atoms with E-state index in [0.717, 1.165) is 41.8 Å². The molecule has 1 saturated heterocycles. The van der Waals surface area contributed by atoms with Gasteiger partial charge in [-0.05, 0) is 60.8 Å². The minimum absolute atomic E-state index is 0.0202. The van der Waals surface area contributed by atoms with Crippen LogP contribution in [0.4, 0.5) is 0 Å². The van der Waals surface area contributed by atoms with Crippen molar-refractivity contribution < 1.29 is 9.84 Å². The molecule has 7 heteroatoms. The molecule has 0 aliphatic carbocycles. The lowest BCUT2D eigenvalue weighted by atomic mass is 9.91. The van der Waals surface area contributed by atoms with Crippen LogP contribution in [0.1, 0.15) is 41.9 Å². The summed E-state index contributed by atoms with van der Waals surface area (Å²) < 4.78 is 6.59. The first-order valence-corrected chi connectivity index (χ1v) is 12.3. The van der Waals surface area contributed by atoms with Gasteiger partial charge in [0, 0.05) is 10.0 Å². The van der Waals surface area contributed by atoms with Crippen LogP contribution in [0.15, 0.2) is 72.8 Å². The molecule has 1 fully saturated rings. The van der Waals surface area contributed by atoms with E-state index in [-0.39, 0.29) is 18.8 Å². The van der Waals surface area contributed by atoms with Gasteiger partial charge in [0.15, 0.2) is 0 Å². The Hall–Kier alpha value is -2.41.